The van der Waals surface area contributed by atoms with E-state index >= 15 is 0 Å². The van der Waals surface area contributed by atoms with Gasteiger partial charge in [-0.15, -0.1) is 0 Å². The molecule has 0 aliphatic carbocycles. The van der Waals surface area contributed by atoms with Gasteiger partial charge in [-0.3, -0.25) is 0 Å². The van der Waals surface area contributed by atoms with E-state index in [9.17, 15) is 9.59 Å². The molecular formula is C11H20N2O5. The second-order valence-corrected chi connectivity index (χ2v) is 4.38. The fourth-order valence-corrected chi connectivity index (χ4v) is 2.13. The molecule has 1 unspecified atom stereocenters. The number of nitrogens with zero attached hydrogens (tertiary/aromatic N) is 1. The lowest BCUT2D eigenvalue weighted by atomic mass is 10.00. The third kappa shape index (κ3) is 3.85. The number of piperidine rings is 1. The predicted octanol–water partition coefficient (Wildman–Crippen LogP) is -0.622. The molecule has 0 radical (unpaired) electrons. The van der Waals surface area contributed by atoms with Crippen LogP contribution >= 0.6 is 0 Å². The van der Waals surface area contributed by atoms with Crippen molar-refractivity contribution in [3.8, 4) is 0 Å². The van der Waals surface area contributed by atoms with Crippen LogP contribution in [-0.2, 0) is 4.79 Å². The summed E-state index contributed by atoms with van der Waals surface area (Å²) < 4.78 is 0. The number of carbonyl (C=O) groups is 2. The van der Waals surface area contributed by atoms with Crippen LogP contribution in [0.3, 0.4) is 0 Å². The van der Waals surface area contributed by atoms with E-state index in [4.69, 9.17) is 15.3 Å². The summed E-state index contributed by atoms with van der Waals surface area (Å²) >= 11 is 0. The quantitative estimate of drug-likeness (QED) is 0.526. The molecule has 7 heteroatoms. The number of aliphatic carboxylic acids is 1. The second kappa shape index (κ2) is 7.17. The molecule has 7 nitrogen and oxygen atoms in total. The second-order valence-electron chi connectivity index (χ2n) is 4.38. The minimum Gasteiger partial charge on any atom is -0.480 e. The first-order chi connectivity index (χ1) is 8.60. The van der Waals surface area contributed by atoms with Crippen LogP contribution in [0.15, 0.2) is 0 Å². The first-order valence-corrected chi connectivity index (χ1v) is 6.11. The number of carboxylic acid groups (broad SMARTS) is 1. The summed E-state index contributed by atoms with van der Waals surface area (Å²) in [5.74, 6) is -1.26. The molecule has 1 aliphatic heterocycles. The number of likely N-dealkylation sites (tertiary alicyclic amines) is 1. The van der Waals surface area contributed by atoms with Crippen molar-refractivity contribution in [2.75, 3.05) is 19.8 Å². The molecular weight excluding hydrogens is 240 g/mol. The van der Waals surface area contributed by atoms with Gasteiger partial charge in [0.25, 0.3) is 0 Å². The van der Waals surface area contributed by atoms with Crippen molar-refractivity contribution in [2.24, 2.45) is 0 Å². The van der Waals surface area contributed by atoms with Gasteiger partial charge in [-0.05, 0) is 25.7 Å². The Labute approximate surface area is 105 Å². The first-order valence-electron chi connectivity index (χ1n) is 6.11. The number of hydrogen-bond acceptors (Lipinski definition) is 4. The van der Waals surface area contributed by atoms with Gasteiger partial charge < -0.3 is 25.5 Å². The topological polar surface area (TPSA) is 110 Å². The number of rotatable bonds is 5. The Bertz CT molecular complexity index is 295. The minimum absolute atomic E-state index is 0.00317. The van der Waals surface area contributed by atoms with Crippen LogP contribution in [0, 0.1) is 0 Å². The van der Waals surface area contributed by atoms with E-state index in [1.807, 2.05) is 0 Å². The Balaban J connectivity index is 2.59. The van der Waals surface area contributed by atoms with Crippen molar-refractivity contribution in [3.05, 3.63) is 0 Å². The van der Waals surface area contributed by atoms with Gasteiger partial charge >= 0.3 is 12.0 Å². The highest BCUT2D eigenvalue weighted by Gasteiger charge is 2.29. The van der Waals surface area contributed by atoms with Crippen molar-refractivity contribution in [1.82, 2.24) is 10.2 Å². The third-order valence-electron chi connectivity index (χ3n) is 3.13. The summed E-state index contributed by atoms with van der Waals surface area (Å²) in [5.41, 5.74) is 0. The van der Waals surface area contributed by atoms with Gasteiger partial charge in [0.05, 0.1) is 6.61 Å². The van der Waals surface area contributed by atoms with Crippen molar-refractivity contribution < 1.29 is 24.9 Å². The molecule has 2 amide bonds. The SMILES string of the molecule is O=C(O)[C@@H](CO)NC(=O)N1CCCCC1CCO. The molecule has 18 heavy (non-hydrogen) atoms. The molecule has 1 saturated heterocycles. The van der Waals surface area contributed by atoms with Gasteiger partial charge in [0.2, 0.25) is 0 Å². The average molecular weight is 260 g/mol. The van der Waals surface area contributed by atoms with E-state index in [1.54, 1.807) is 4.90 Å². The van der Waals surface area contributed by atoms with E-state index < -0.39 is 24.6 Å². The van der Waals surface area contributed by atoms with E-state index in [0.29, 0.717) is 13.0 Å². The summed E-state index contributed by atoms with van der Waals surface area (Å²) in [6.07, 6.45) is 3.16. The van der Waals surface area contributed by atoms with Gasteiger partial charge in [0.15, 0.2) is 6.04 Å². The molecule has 0 aromatic rings. The van der Waals surface area contributed by atoms with Crippen LogP contribution in [0.4, 0.5) is 4.79 Å². The highest BCUT2D eigenvalue weighted by molar-refractivity contribution is 5.82. The Morgan fingerprint density at radius 1 is 1.33 bits per heavy atom. The van der Waals surface area contributed by atoms with E-state index in [-0.39, 0.29) is 12.6 Å². The van der Waals surface area contributed by atoms with Gasteiger partial charge in [-0.2, -0.15) is 0 Å². The lowest BCUT2D eigenvalue weighted by Gasteiger charge is -2.36. The number of carbonyl (C=O) groups excluding carboxylic acids is 1. The number of urea groups is 1. The van der Waals surface area contributed by atoms with E-state index in [0.717, 1.165) is 19.3 Å². The number of carboxylic acids is 1. The maximum Gasteiger partial charge on any atom is 0.328 e. The normalized spacial score (nSPS) is 21.4. The molecule has 0 aromatic heterocycles. The molecule has 1 heterocycles. The fourth-order valence-electron chi connectivity index (χ4n) is 2.13. The Hall–Kier alpha value is -1.34. The number of aliphatic hydroxyl groups excluding tert-OH is 2. The van der Waals surface area contributed by atoms with Gasteiger partial charge in [0.1, 0.15) is 0 Å². The molecule has 1 aliphatic rings. The number of nitrogens with one attached hydrogen (secondary N) is 1. The zero-order valence-electron chi connectivity index (χ0n) is 10.2. The zero-order chi connectivity index (χ0) is 13.5. The average Bonchev–Trinajstić information content (AvgIpc) is 2.36. The van der Waals surface area contributed by atoms with E-state index in [1.165, 1.54) is 0 Å². The lowest BCUT2D eigenvalue weighted by Crippen LogP contribution is -2.54. The molecule has 0 spiro atoms. The minimum atomic E-state index is -1.28. The smallest absolute Gasteiger partial charge is 0.328 e. The standard InChI is InChI=1S/C11H20N2O5/c14-6-4-8-3-1-2-5-13(8)11(18)12-9(7-15)10(16)17/h8-9,14-15H,1-7H2,(H,12,18)(H,16,17)/t8?,9-/m1/s1. The molecule has 0 bridgehead atoms. The maximum atomic E-state index is 11.9. The fraction of sp³-hybridized carbons (Fsp3) is 0.818. The molecule has 0 saturated carbocycles. The summed E-state index contributed by atoms with van der Waals surface area (Å²) in [6.45, 7) is -0.0926. The number of amides is 2. The van der Waals surface area contributed by atoms with Gasteiger partial charge in [0, 0.05) is 19.2 Å². The Morgan fingerprint density at radius 2 is 2.06 bits per heavy atom. The van der Waals surface area contributed by atoms with Crippen LogP contribution in [0.1, 0.15) is 25.7 Å². The van der Waals surface area contributed by atoms with Crippen LogP contribution in [0.2, 0.25) is 0 Å². The number of aliphatic hydroxyl groups is 2. The third-order valence-corrected chi connectivity index (χ3v) is 3.13. The molecule has 0 aromatic carbocycles. The zero-order valence-corrected chi connectivity index (χ0v) is 10.2. The predicted molar refractivity (Wildman–Crippen MR) is 63.1 cm³/mol. The van der Waals surface area contributed by atoms with Crippen molar-refractivity contribution >= 4 is 12.0 Å². The van der Waals surface area contributed by atoms with E-state index in [2.05, 4.69) is 5.32 Å². The van der Waals surface area contributed by atoms with Gasteiger partial charge in [-0.1, -0.05) is 0 Å². The monoisotopic (exact) mass is 260 g/mol. The van der Waals surface area contributed by atoms with Crippen LogP contribution in [0.25, 0.3) is 0 Å². The van der Waals surface area contributed by atoms with Gasteiger partial charge in [-0.25, -0.2) is 9.59 Å². The molecule has 1 rings (SSSR count). The summed E-state index contributed by atoms with van der Waals surface area (Å²) in [5, 5.41) is 28.8. The first kappa shape index (κ1) is 14.7. The highest BCUT2D eigenvalue weighted by Crippen LogP contribution is 2.19. The highest BCUT2D eigenvalue weighted by atomic mass is 16.4. The summed E-state index contributed by atoms with van der Waals surface area (Å²) in [7, 11) is 0. The lowest BCUT2D eigenvalue weighted by molar-refractivity contribution is -0.140. The van der Waals surface area contributed by atoms with Crippen LogP contribution in [-0.4, -0.2) is 64.1 Å². The summed E-state index contributed by atoms with van der Waals surface area (Å²) in [6, 6.07) is -1.83. The summed E-state index contributed by atoms with van der Waals surface area (Å²) in [4.78, 5) is 24.2. The van der Waals surface area contributed by atoms with Crippen molar-refractivity contribution in [1.29, 1.82) is 0 Å². The molecule has 2 atom stereocenters. The maximum absolute atomic E-state index is 11.9. The molecule has 104 valence electrons. The Kier molecular flexibility index (Phi) is 5.87. The Morgan fingerprint density at radius 3 is 2.61 bits per heavy atom. The van der Waals surface area contributed by atoms with Crippen molar-refractivity contribution in [2.45, 2.75) is 37.8 Å². The number of hydrogen-bond donors (Lipinski definition) is 4. The van der Waals surface area contributed by atoms with Crippen molar-refractivity contribution in [3.63, 3.8) is 0 Å². The van der Waals surface area contributed by atoms with Crippen LogP contribution in [0.5, 0.6) is 0 Å². The largest absolute Gasteiger partial charge is 0.480 e. The molecule has 4 N–H and O–H groups in total. The molecule has 1 fully saturated rings. The van der Waals surface area contributed by atoms with Crippen LogP contribution < -0.4 is 5.32 Å².